The summed E-state index contributed by atoms with van der Waals surface area (Å²) in [6, 6.07) is 6.38. The van der Waals surface area contributed by atoms with Gasteiger partial charge in [0.2, 0.25) is 0 Å². The Bertz CT molecular complexity index is 1050. The lowest BCUT2D eigenvalue weighted by atomic mass is 9.97. The van der Waals surface area contributed by atoms with Crippen molar-refractivity contribution in [2.45, 2.75) is 25.9 Å². The van der Waals surface area contributed by atoms with E-state index in [2.05, 4.69) is 4.98 Å². The van der Waals surface area contributed by atoms with Crippen molar-refractivity contribution in [1.29, 1.82) is 0 Å². The minimum atomic E-state index is -4.63. The molecule has 0 saturated carbocycles. The van der Waals surface area contributed by atoms with E-state index in [0.717, 1.165) is 24.2 Å². The molecule has 0 bridgehead atoms. The molecule has 3 rings (SSSR count). The highest BCUT2D eigenvalue weighted by molar-refractivity contribution is 6.09. The zero-order valence-corrected chi connectivity index (χ0v) is 15.8. The van der Waals surface area contributed by atoms with E-state index in [-0.39, 0.29) is 34.5 Å². The molecule has 1 aromatic carbocycles. The van der Waals surface area contributed by atoms with E-state index < -0.39 is 23.8 Å². The molecule has 0 saturated heterocycles. The number of aromatic nitrogens is 2. The number of rotatable bonds is 5. The van der Waals surface area contributed by atoms with Crippen molar-refractivity contribution in [3.05, 3.63) is 47.8 Å². The SMILES string of the molecule is CCCCOC(=O)n1ccc2c(-c3ccccc3C(F)(F)F)c(C(=O)OC)[nH]c21. The van der Waals surface area contributed by atoms with E-state index >= 15 is 0 Å². The Labute approximate surface area is 164 Å². The highest BCUT2D eigenvalue weighted by atomic mass is 19.4. The molecule has 0 aliphatic rings. The molecule has 2 heterocycles. The average Bonchev–Trinajstić information content (AvgIpc) is 3.26. The number of fused-ring (bicyclic) bond motifs is 1. The zero-order valence-electron chi connectivity index (χ0n) is 15.8. The highest BCUT2D eigenvalue weighted by Crippen LogP contribution is 2.41. The van der Waals surface area contributed by atoms with Gasteiger partial charge in [0.1, 0.15) is 11.3 Å². The quantitative estimate of drug-likeness (QED) is 0.464. The van der Waals surface area contributed by atoms with E-state index in [1.165, 1.54) is 30.5 Å². The number of alkyl halides is 3. The molecule has 0 aliphatic carbocycles. The summed E-state index contributed by atoms with van der Waals surface area (Å²) in [6.45, 7) is 2.16. The predicted molar refractivity (Wildman–Crippen MR) is 99.7 cm³/mol. The van der Waals surface area contributed by atoms with Crippen LogP contribution in [0, 0.1) is 0 Å². The zero-order chi connectivity index (χ0) is 21.2. The Morgan fingerprint density at radius 2 is 1.90 bits per heavy atom. The second kappa shape index (κ2) is 8.02. The van der Waals surface area contributed by atoms with Gasteiger partial charge in [-0.25, -0.2) is 14.2 Å². The number of carbonyl (C=O) groups excluding carboxylic acids is 2. The third-order valence-electron chi connectivity index (χ3n) is 4.46. The number of hydrogen-bond donors (Lipinski definition) is 1. The van der Waals surface area contributed by atoms with Crippen molar-refractivity contribution in [2.24, 2.45) is 0 Å². The van der Waals surface area contributed by atoms with Gasteiger partial charge in [-0.05, 0) is 24.1 Å². The summed E-state index contributed by atoms with van der Waals surface area (Å²) in [5.74, 6) is -0.848. The number of ether oxygens (including phenoxy) is 2. The fraction of sp³-hybridized carbons (Fsp3) is 0.300. The maximum atomic E-state index is 13.6. The number of H-pyrrole nitrogens is 1. The first-order valence-corrected chi connectivity index (χ1v) is 8.94. The molecule has 29 heavy (non-hydrogen) atoms. The molecule has 0 fully saturated rings. The van der Waals surface area contributed by atoms with Gasteiger partial charge in [0.25, 0.3) is 0 Å². The molecule has 154 valence electrons. The largest absolute Gasteiger partial charge is 0.464 e. The number of halogens is 3. The second-order valence-electron chi connectivity index (χ2n) is 6.33. The highest BCUT2D eigenvalue weighted by Gasteiger charge is 2.35. The fourth-order valence-corrected chi connectivity index (χ4v) is 3.09. The Morgan fingerprint density at radius 1 is 1.17 bits per heavy atom. The number of benzene rings is 1. The number of nitrogens with one attached hydrogen (secondary N) is 1. The summed E-state index contributed by atoms with van der Waals surface area (Å²) in [7, 11) is 1.13. The standard InChI is InChI=1S/C20H19F3N2O4/c1-3-4-11-29-19(27)25-10-9-13-15(16(18(26)28-2)24-17(13)25)12-7-5-6-8-14(12)20(21,22)23/h5-10,24H,3-4,11H2,1-2H3. The van der Waals surface area contributed by atoms with Gasteiger partial charge in [0.15, 0.2) is 0 Å². The van der Waals surface area contributed by atoms with Crippen LogP contribution in [0.4, 0.5) is 18.0 Å². The number of esters is 1. The van der Waals surface area contributed by atoms with Crippen molar-refractivity contribution in [2.75, 3.05) is 13.7 Å². The lowest BCUT2D eigenvalue weighted by molar-refractivity contribution is -0.137. The van der Waals surface area contributed by atoms with Crippen LogP contribution in [0.2, 0.25) is 0 Å². The molecule has 0 radical (unpaired) electrons. The van der Waals surface area contributed by atoms with Crippen LogP contribution in [-0.2, 0) is 15.7 Å². The summed E-state index contributed by atoms with van der Waals surface area (Å²) < 4.78 is 51.7. The van der Waals surface area contributed by atoms with E-state index in [0.29, 0.717) is 6.42 Å². The molecular formula is C20H19F3N2O4. The number of unbranched alkanes of at least 4 members (excludes halogenated alkanes) is 1. The average molecular weight is 408 g/mol. The predicted octanol–water partition coefficient (Wildman–Crippen LogP) is 5.23. The first-order chi connectivity index (χ1) is 13.8. The first-order valence-electron chi connectivity index (χ1n) is 8.94. The molecular weight excluding hydrogens is 389 g/mol. The van der Waals surface area contributed by atoms with Crippen LogP contribution < -0.4 is 0 Å². The summed E-state index contributed by atoms with van der Waals surface area (Å²) in [4.78, 5) is 27.3. The molecule has 0 spiro atoms. The van der Waals surface area contributed by atoms with Gasteiger partial charge in [-0.1, -0.05) is 31.5 Å². The third-order valence-corrected chi connectivity index (χ3v) is 4.46. The van der Waals surface area contributed by atoms with Gasteiger partial charge in [-0.3, -0.25) is 0 Å². The Kier molecular flexibility index (Phi) is 5.67. The van der Waals surface area contributed by atoms with Gasteiger partial charge in [0, 0.05) is 17.1 Å². The molecule has 0 aliphatic heterocycles. The summed E-state index contributed by atoms with van der Waals surface area (Å²) in [5.41, 5.74) is -1.10. The summed E-state index contributed by atoms with van der Waals surface area (Å²) >= 11 is 0. The molecule has 0 unspecified atom stereocenters. The van der Waals surface area contributed by atoms with E-state index in [1.807, 2.05) is 6.92 Å². The van der Waals surface area contributed by atoms with Crippen LogP contribution >= 0.6 is 0 Å². The lowest BCUT2D eigenvalue weighted by Crippen LogP contribution is -2.13. The Balaban J connectivity index is 2.20. The number of carbonyl (C=O) groups is 2. The first kappa shape index (κ1) is 20.5. The molecule has 1 N–H and O–H groups in total. The minimum absolute atomic E-state index is 0.0138. The van der Waals surface area contributed by atoms with Crippen LogP contribution in [0.3, 0.4) is 0 Å². The van der Waals surface area contributed by atoms with Crippen molar-refractivity contribution in [1.82, 2.24) is 9.55 Å². The van der Waals surface area contributed by atoms with Crippen molar-refractivity contribution in [3.8, 4) is 11.1 Å². The van der Waals surface area contributed by atoms with Crippen molar-refractivity contribution < 1.29 is 32.2 Å². The number of nitrogens with zero attached hydrogens (tertiary/aromatic N) is 1. The number of hydrogen-bond acceptors (Lipinski definition) is 4. The Hall–Kier alpha value is -3.23. The molecule has 3 aromatic rings. The molecule has 2 aromatic heterocycles. The van der Waals surface area contributed by atoms with Crippen LogP contribution in [0.25, 0.3) is 22.2 Å². The topological polar surface area (TPSA) is 73.3 Å². The van der Waals surface area contributed by atoms with Crippen molar-refractivity contribution >= 4 is 23.1 Å². The maximum Gasteiger partial charge on any atom is 0.419 e. The summed E-state index contributed by atoms with van der Waals surface area (Å²) in [6.07, 6.45) is -2.42. The molecule has 0 atom stereocenters. The number of aromatic amines is 1. The van der Waals surface area contributed by atoms with Crippen LogP contribution in [0.15, 0.2) is 36.5 Å². The lowest BCUT2D eigenvalue weighted by Gasteiger charge is -2.13. The van der Waals surface area contributed by atoms with Crippen molar-refractivity contribution in [3.63, 3.8) is 0 Å². The smallest absolute Gasteiger partial charge is 0.419 e. The molecule has 0 amide bonds. The van der Waals surface area contributed by atoms with E-state index in [1.54, 1.807) is 0 Å². The van der Waals surface area contributed by atoms with Gasteiger partial charge in [0.05, 0.1) is 19.3 Å². The van der Waals surface area contributed by atoms with Gasteiger partial charge >= 0.3 is 18.2 Å². The van der Waals surface area contributed by atoms with Crippen LogP contribution in [0.1, 0.15) is 35.8 Å². The normalized spacial score (nSPS) is 11.6. The van der Waals surface area contributed by atoms with Gasteiger partial charge in [-0.2, -0.15) is 13.2 Å². The monoisotopic (exact) mass is 408 g/mol. The number of methoxy groups -OCH3 is 1. The third kappa shape index (κ3) is 3.85. The fourth-order valence-electron chi connectivity index (χ4n) is 3.09. The van der Waals surface area contributed by atoms with E-state index in [9.17, 15) is 22.8 Å². The molecule has 9 heteroatoms. The second-order valence-corrected chi connectivity index (χ2v) is 6.33. The molecule has 6 nitrogen and oxygen atoms in total. The van der Waals surface area contributed by atoms with Gasteiger partial charge < -0.3 is 14.5 Å². The Morgan fingerprint density at radius 3 is 2.55 bits per heavy atom. The van der Waals surface area contributed by atoms with Gasteiger partial charge in [-0.15, -0.1) is 0 Å². The van der Waals surface area contributed by atoms with E-state index in [4.69, 9.17) is 9.47 Å². The van der Waals surface area contributed by atoms with Crippen LogP contribution in [-0.4, -0.2) is 35.3 Å². The van der Waals surface area contributed by atoms with Crippen LogP contribution in [0.5, 0.6) is 0 Å². The minimum Gasteiger partial charge on any atom is -0.464 e. The summed E-state index contributed by atoms with van der Waals surface area (Å²) in [5, 5.41) is 0.273. The maximum absolute atomic E-state index is 13.6.